The van der Waals surface area contributed by atoms with E-state index in [4.69, 9.17) is 0 Å². The van der Waals surface area contributed by atoms with Crippen LogP contribution in [-0.4, -0.2) is 31.7 Å². The van der Waals surface area contributed by atoms with Crippen LogP contribution >= 0.6 is 27.3 Å². The predicted octanol–water partition coefficient (Wildman–Crippen LogP) is 4.67. The van der Waals surface area contributed by atoms with Gasteiger partial charge in [0.05, 0.1) is 9.70 Å². The number of nitrogens with zero attached hydrogens (tertiary/aromatic N) is 1. The highest BCUT2D eigenvalue weighted by atomic mass is 79.9. The summed E-state index contributed by atoms with van der Waals surface area (Å²) in [5.41, 5.74) is 1.96. The van der Waals surface area contributed by atoms with E-state index in [-0.39, 0.29) is 18.4 Å². The van der Waals surface area contributed by atoms with Crippen molar-refractivity contribution in [1.29, 1.82) is 0 Å². The molecule has 1 aromatic carbocycles. The van der Waals surface area contributed by atoms with Gasteiger partial charge in [0.25, 0.3) is 10.0 Å². The van der Waals surface area contributed by atoms with Gasteiger partial charge in [-0.1, -0.05) is 26.0 Å². The van der Waals surface area contributed by atoms with Crippen molar-refractivity contribution in [3.05, 3.63) is 45.7 Å². The minimum absolute atomic E-state index is 0.125. The number of hydrogen-bond donors (Lipinski definition) is 1. The molecule has 0 radical (unpaired) electrons. The molecule has 1 amide bonds. The fraction of sp³-hybridized carbons (Fsp3) is 0.421. The van der Waals surface area contributed by atoms with Gasteiger partial charge >= 0.3 is 0 Å². The van der Waals surface area contributed by atoms with E-state index in [0.717, 1.165) is 9.47 Å². The lowest BCUT2D eigenvalue weighted by Crippen LogP contribution is -2.43. The van der Waals surface area contributed by atoms with Crippen molar-refractivity contribution in [2.75, 3.05) is 18.4 Å². The Bertz CT molecular complexity index is 907. The highest BCUT2D eigenvalue weighted by molar-refractivity contribution is 9.11. The van der Waals surface area contributed by atoms with Crippen molar-refractivity contribution >= 4 is 48.9 Å². The van der Waals surface area contributed by atoms with E-state index in [1.54, 1.807) is 12.1 Å². The number of hydrogen-bond acceptors (Lipinski definition) is 4. The largest absolute Gasteiger partial charge is 0.326 e. The lowest BCUT2D eigenvalue weighted by Gasteiger charge is -2.30. The summed E-state index contributed by atoms with van der Waals surface area (Å²) in [4.78, 5) is 12.7. The Kier molecular flexibility index (Phi) is 6.40. The van der Waals surface area contributed by atoms with Crippen LogP contribution in [0.3, 0.4) is 0 Å². The van der Waals surface area contributed by atoms with Crippen molar-refractivity contribution in [2.45, 2.75) is 36.8 Å². The zero-order valence-electron chi connectivity index (χ0n) is 15.3. The van der Waals surface area contributed by atoms with Crippen LogP contribution in [-0.2, 0) is 14.8 Å². The second-order valence-electron chi connectivity index (χ2n) is 7.03. The first kappa shape index (κ1) is 20.5. The molecule has 27 heavy (non-hydrogen) atoms. The van der Waals surface area contributed by atoms with Crippen molar-refractivity contribution in [1.82, 2.24) is 4.31 Å². The van der Waals surface area contributed by atoms with Gasteiger partial charge in [0.1, 0.15) is 4.21 Å². The van der Waals surface area contributed by atoms with E-state index in [9.17, 15) is 13.2 Å². The van der Waals surface area contributed by atoms with Crippen LogP contribution in [0.1, 0.15) is 38.2 Å². The van der Waals surface area contributed by atoms with Gasteiger partial charge in [-0.2, -0.15) is 4.31 Å². The summed E-state index contributed by atoms with van der Waals surface area (Å²) >= 11 is 4.50. The average Bonchev–Trinajstić information content (AvgIpc) is 3.09. The van der Waals surface area contributed by atoms with Gasteiger partial charge in [-0.05, 0) is 64.5 Å². The molecular formula is C19H23BrN2O3S2. The maximum absolute atomic E-state index is 12.8. The molecule has 1 aliphatic heterocycles. The minimum Gasteiger partial charge on any atom is -0.326 e. The van der Waals surface area contributed by atoms with Crippen molar-refractivity contribution < 1.29 is 13.2 Å². The Hall–Kier alpha value is -1.22. The highest BCUT2D eigenvalue weighted by Crippen LogP contribution is 2.31. The van der Waals surface area contributed by atoms with Gasteiger partial charge in [-0.25, -0.2) is 8.42 Å². The molecular weight excluding hydrogens is 448 g/mol. The zero-order chi connectivity index (χ0) is 19.6. The van der Waals surface area contributed by atoms with Crippen LogP contribution in [0.15, 0.2) is 44.4 Å². The molecule has 1 atom stereocenters. The molecule has 1 aromatic heterocycles. The van der Waals surface area contributed by atoms with Gasteiger partial charge < -0.3 is 5.32 Å². The Morgan fingerprint density at radius 2 is 1.93 bits per heavy atom. The van der Waals surface area contributed by atoms with E-state index >= 15 is 0 Å². The number of sulfonamides is 1. The van der Waals surface area contributed by atoms with Gasteiger partial charge in [0.2, 0.25) is 5.91 Å². The zero-order valence-corrected chi connectivity index (χ0v) is 18.5. The molecule has 0 bridgehead atoms. The lowest BCUT2D eigenvalue weighted by atomic mass is 9.98. The summed E-state index contributed by atoms with van der Waals surface area (Å²) in [6, 6.07) is 11.1. The molecule has 2 heterocycles. The lowest BCUT2D eigenvalue weighted by molar-refractivity contribution is -0.120. The number of carbonyl (C=O) groups excluding carboxylic acids is 1. The van der Waals surface area contributed by atoms with Crippen LogP contribution in [0.25, 0.3) is 0 Å². The summed E-state index contributed by atoms with van der Waals surface area (Å²) in [5, 5.41) is 2.93. The molecule has 5 nitrogen and oxygen atoms in total. The molecule has 0 saturated carbocycles. The fourth-order valence-electron chi connectivity index (χ4n) is 3.13. The van der Waals surface area contributed by atoms with E-state index in [2.05, 4.69) is 35.1 Å². The quantitative estimate of drug-likeness (QED) is 0.689. The summed E-state index contributed by atoms with van der Waals surface area (Å²) in [5.74, 6) is -0.0367. The topological polar surface area (TPSA) is 66.5 Å². The number of piperidine rings is 1. The number of benzene rings is 1. The molecule has 1 N–H and O–H groups in total. The number of carbonyl (C=O) groups is 1. The molecule has 0 unspecified atom stereocenters. The second kappa shape index (κ2) is 8.43. The molecule has 1 saturated heterocycles. The Morgan fingerprint density at radius 3 is 2.52 bits per heavy atom. The smallest absolute Gasteiger partial charge is 0.252 e. The number of halogens is 1. The fourth-order valence-corrected chi connectivity index (χ4v) is 6.82. The van der Waals surface area contributed by atoms with Gasteiger partial charge in [0, 0.05) is 18.8 Å². The van der Waals surface area contributed by atoms with Crippen LogP contribution in [0.2, 0.25) is 0 Å². The number of amides is 1. The van der Waals surface area contributed by atoms with Crippen LogP contribution in [0.5, 0.6) is 0 Å². The van der Waals surface area contributed by atoms with Gasteiger partial charge in [-0.3, -0.25) is 4.79 Å². The average molecular weight is 471 g/mol. The summed E-state index contributed by atoms with van der Waals surface area (Å²) in [6.45, 7) is 4.91. The summed E-state index contributed by atoms with van der Waals surface area (Å²) in [7, 11) is -3.55. The number of thiophene rings is 1. The van der Waals surface area contributed by atoms with Crippen molar-refractivity contribution in [3.63, 3.8) is 0 Å². The third-order valence-electron chi connectivity index (χ3n) is 4.74. The van der Waals surface area contributed by atoms with Crippen LogP contribution in [0.4, 0.5) is 5.69 Å². The Labute approximate surface area is 173 Å². The van der Waals surface area contributed by atoms with Crippen molar-refractivity contribution in [3.8, 4) is 0 Å². The maximum Gasteiger partial charge on any atom is 0.252 e. The Morgan fingerprint density at radius 1 is 1.22 bits per heavy atom. The van der Waals surface area contributed by atoms with E-state index < -0.39 is 10.0 Å². The van der Waals surface area contributed by atoms with Gasteiger partial charge in [-0.15, -0.1) is 11.3 Å². The van der Waals surface area contributed by atoms with Crippen LogP contribution in [0, 0.1) is 5.92 Å². The summed E-state index contributed by atoms with van der Waals surface area (Å²) in [6.07, 6.45) is 1.37. The first-order chi connectivity index (χ1) is 12.8. The van der Waals surface area contributed by atoms with Crippen LogP contribution < -0.4 is 5.32 Å². The maximum atomic E-state index is 12.8. The molecule has 3 rings (SSSR count). The normalized spacial score (nSPS) is 18.6. The molecule has 0 aliphatic carbocycles. The SMILES string of the molecule is CC(C)c1ccc(NC(=O)[C@@H]2CCCN(S(=O)(=O)c3ccc(Br)s3)C2)cc1. The van der Waals surface area contributed by atoms with Gasteiger partial charge in [0.15, 0.2) is 0 Å². The number of rotatable bonds is 5. The first-order valence-corrected chi connectivity index (χ1v) is 12.0. The second-order valence-corrected chi connectivity index (χ2v) is 11.7. The molecule has 2 aromatic rings. The summed E-state index contributed by atoms with van der Waals surface area (Å²) < 4.78 is 28.1. The molecule has 146 valence electrons. The monoisotopic (exact) mass is 470 g/mol. The molecule has 1 aliphatic rings. The minimum atomic E-state index is -3.55. The molecule has 0 spiro atoms. The molecule has 8 heteroatoms. The third-order valence-corrected chi connectivity index (χ3v) is 8.70. The number of nitrogens with one attached hydrogen (secondary N) is 1. The Balaban J connectivity index is 1.67. The van der Waals surface area contributed by atoms with Crippen molar-refractivity contribution in [2.24, 2.45) is 5.92 Å². The van der Waals surface area contributed by atoms with E-state index in [1.165, 1.54) is 21.2 Å². The number of anilines is 1. The van der Waals surface area contributed by atoms with E-state index in [1.807, 2.05) is 24.3 Å². The predicted molar refractivity (Wildman–Crippen MR) is 113 cm³/mol. The third kappa shape index (κ3) is 4.80. The first-order valence-electron chi connectivity index (χ1n) is 8.93. The highest BCUT2D eigenvalue weighted by Gasteiger charge is 2.34. The standard InChI is InChI=1S/C19H23BrN2O3S2/c1-13(2)14-5-7-16(8-6-14)21-19(23)15-4-3-11-22(12-15)27(24,25)18-10-9-17(20)26-18/h5-10,13,15H,3-4,11-12H2,1-2H3,(H,21,23)/t15-/m1/s1. The van der Waals surface area contributed by atoms with E-state index in [0.29, 0.717) is 29.5 Å². The molecule has 1 fully saturated rings.